The molecule has 0 atom stereocenters. The van der Waals surface area contributed by atoms with Gasteiger partial charge in [-0.1, -0.05) is 26.8 Å². The van der Waals surface area contributed by atoms with Gasteiger partial charge in [0.1, 0.15) is 11.5 Å². The lowest BCUT2D eigenvalue weighted by Crippen LogP contribution is -2.30. The van der Waals surface area contributed by atoms with Crippen LogP contribution in [0, 0.1) is 5.41 Å². The van der Waals surface area contributed by atoms with Crippen LogP contribution in [0.15, 0.2) is 29.8 Å². The van der Waals surface area contributed by atoms with Crippen molar-refractivity contribution in [2.45, 2.75) is 39.7 Å². The number of hydrogen-bond donors (Lipinski definition) is 3. The number of benzene rings is 1. The summed E-state index contributed by atoms with van der Waals surface area (Å²) in [5.74, 6) is -0.330. The van der Waals surface area contributed by atoms with E-state index in [0.717, 1.165) is 5.56 Å². The Morgan fingerprint density at radius 3 is 2.59 bits per heavy atom. The van der Waals surface area contributed by atoms with Crippen molar-refractivity contribution in [3.63, 3.8) is 0 Å². The number of amidine groups is 1. The Bertz CT molecular complexity index is 1150. The number of nitrogens with one attached hydrogen (secondary N) is 1. The summed E-state index contributed by atoms with van der Waals surface area (Å²) in [6.45, 7) is 7.80. The summed E-state index contributed by atoms with van der Waals surface area (Å²) < 4.78 is 5.27. The Kier molecular flexibility index (Phi) is 6.07. The standard InChI is InChI=1S/C24H28N4O4/c1-13(23(26)31)8-16-7-6-14-11-28(22(25)20(14)27-16)12-18(29)15-9-17(24(2,3)4)21(30)19(10-15)32-5/h6-10,25,30H,11-12H2,1-5H3,(H2,26,31)/b13-8+,25-22?. The van der Waals surface area contributed by atoms with E-state index >= 15 is 0 Å². The van der Waals surface area contributed by atoms with Gasteiger partial charge in [0, 0.05) is 28.8 Å². The number of fused-ring (bicyclic) bond motifs is 1. The van der Waals surface area contributed by atoms with E-state index in [-0.39, 0.29) is 35.1 Å². The zero-order valence-corrected chi connectivity index (χ0v) is 18.9. The van der Waals surface area contributed by atoms with Crippen LogP contribution in [0.25, 0.3) is 6.08 Å². The summed E-state index contributed by atoms with van der Waals surface area (Å²) in [4.78, 5) is 30.5. The highest BCUT2D eigenvalue weighted by atomic mass is 16.5. The number of carbonyl (C=O) groups excluding carboxylic acids is 2. The molecule has 0 unspecified atom stereocenters. The van der Waals surface area contributed by atoms with Crippen molar-refractivity contribution in [2.24, 2.45) is 5.73 Å². The number of pyridine rings is 1. The lowest BCUT2D eigenvalue weighted by Gasteiger charge is -2.23. The molecular weight excluding hydrogens is 408 g/mol. The Hall–Kier alpha value is -3.68. The lowest BCUT2D eigenvalue weighted by atomic mass is 9.84. The van der Waals surface area contributed by atoms with Crippen LogP contribution in [0.5, 0.6) is 11.5 Å². The van der Waals surface area contributed by atoms with E-state index in [0.29, 0.717) is 34.6 Å². The largest absolute Gasteiger partial charge is 0.504 e. The van der Waals surface area contributed by atoms with Crippen LogP contribution < -0.4 is 10.5 Å². The Labute approximate surface area is 187 Å². The number of phenolic OH excluding ortho intramolecular Hbond substituents is 1. The molecule has 1 aliphatic heterocycles. The molecule has 8 heteroatoms. The van der Waals surface area contributed by atoms with Gasteiger partial charge >= 0.3 is 0 Å². The van der Waals surface area contributed by atoms with E-state index in [1.165, 1.54) is 13.2 Å². The molecule has 0 aliphatic carbocycles. The average molecular weight is 437 g/mol. The number of carbonyl (C=O) groups is 2. The first-order valence-electron chi connectivity index (χ1n) is 10.2. The van der Waals surface area contributed by atoms with Gasteiger partial charge < -0.3 is 20.5 Å². The number of ketones is 1. The highest BCUT2D eigenvalue weighted by molar-refractivity contribution is 6.05. The summed E-state index contributed by atoms with van der Waals surface area (Å²) in [5, 5.41) is 19.0. The number of methoxy groups -OCH3 is 1. The van der Waals surface area contributed by atoms with Crippen molar-refractivity contribution in [1.82, 2.24) is 9.88 Å². The molecule has 168 valence electrons. The quantitative estimate of drug-likeness (QED) is 0.471. The molecule has 0 fully saturated rings. The number of nitrogens with zero attached hydrogens (tertiary/aromatic N) is 2. The second kappa shape index (κ2) is 8.45. The third-order valence-corrected chi connectivity index (χ3v) is 5.41. The zero-order chi connectivity index (χ0) is 23.8. The molecule has 2 heterocycles. The minimum atomic E-state index is -0.534. The topological polar surface area (TPSA) is 130 Å². The minimum absolute atomic E-state index is 0.0157. The molecule has 0 bridgehead atoms. The fourth-order valence-corrected chi connectivity index (χ4v) is 3.54. The molecule has 1 aromatic heterocycles. The van der Waals surface area contributed by atoms with E-state index in [1.807, 2.05) is 26.8 Å². The third kappa shape index (κ3) is 4.49. The fourth-order valence-electron chi connectivity index (χ4n) is 3.54. The monoisotopic (exact) mass is 436 g/mol. The van der Waals surface area contributed by atoms with Gasteiger partial charge in [-0.05, 0) is 36.6 Å². The summed E-state index contributed by atoms with van der Waals surface area (Å²) in [6.07, 6.45) is 1.57. The Balaban J connectivity index is 1.85. The van der Waals surface area contributed by atoms with E-state index in [2.05, 4.69) is 4.98 Å². The van der Waals surface area contributed by atoms with E-state index in [1.54, 1.807) is 30.0 Å². The Morgan fingerprint density at radius 2 is 2.00 bits per heavy atom. The SMILES string of the molecule is COc1cc(C(=O)CN2Cc3ccc(/C=C(\C)C(N)=O)nc3C2=N)cc(C(C)(C)C)c1O. The lowest BCUT2D eigenvalue weighted by molar-refractivity contribution is -0.114. The number of hydrogen-bond acceptors (Lipinski definition) is 6. The van der Waals surface area contributed by atoms with Crippen LogP contribution in [-0.4, -0.2) is 46.2 Å². The number of aromatic nitrogens is 1. The molecular formula is C24H28N4O4. The molecule has 0 saturated carbocycles. The number of ether oxygens (including phenoxy) is 1. The second-order valence-corrected chi connectivity index (χ2v) is 8.89. The third-order valence-electron chi connectivity index (χ3n) is 5.41. The molecule has 4 N–H and O–H groups in total. The summed E-state index contributed by atoms with van der Waals surface area (Å²) in [5.41, 5.74) is 8.10. The zero-order valence-electron chi connectivity index (χ0n) is 18.9. The smallest absolute Gasteiger partial charge is 0.244 e. The predicted molar refractivity (Wildman–Crippen MR) is 122 cm³/mol. The van der Waals surface area contributed by atoms with E-state index < -0.39 is 5.91 Å². The molecule has 1 amide bonds. The predicted octanol–water partition coefficient (Wildman–Crippen LogP) is 3.01. The van der Waals surface area contributed by atoms with Crippen LogP contribution in [0.3, 0.4) is 0 Å². The first-order valence-corrected chi connectivity index (χ1v) is 10.2. The molecule has 1 aliphatic rings. The van der Waals surface area contributed by atoms with Crippen LogP contribution in [0.2, 0.25) is 0 Å². The minimum Gasteiger partial charge on any atom is -0.504 e. The van der Waals surface area contributed by atoms with Crippen LogP contribution in [-0.2, 0) is 16.8 Å². The summed E-state index contributed by atoms with van der Waals surface area (Å²) >= 11 is 0. The molecule has 8 nitrogen and oxygen atoms in total. The number of Topliss-reactive ketones (excluding diaryl/α,β-unsaturated/α-hetero) is 1. The van der Waals surface area contributed by atoms with Crippen molar-refractivity contribution in [2.75, 3.05) is 13.7 Å². The van der Waals surface area contributed by atoms with Crippen molar-refractivity contribution in [1.29, 1.82) is 5.41 Å². The summed E-state index contributed by atoms with van der Waals surface area (Å²) in [6, 6.07) is 6.79. The molecule has 0 spiro atoms. The number of primary amides is 1. The number of aromatic hydroxyl groups is 1. The number of phenols is 1. The van der Waals surface area contributed by atoms with Gasteiger partial charge in [-0.3, -0.25) is 15.0 Å². The van der Waals surface area contributed by atoms with Crippen LogP contribution >= 0.6 is 0 Å². The van der Waals surface area contributed by atoms with E-state index in [9.17, 15) is 14.7 Å². The normalized spacial score (nSPS) is 13.8. The average Bonchev–Trinajstić information content (AvgIpc) is 3.02. The van der Waals surface area contributed by atoms with Crippen LogP contribution in [0.1, 0.15) is 60.6 Å². The molecule has 1 aromatic carbocycles. The molecule has 0 radical (unpaired) electrons. The van der Waals surface area contributed by atoms with Crippen molar-refractivity contribution in [3.8, 4) is 11.5 Å². The highest BCUT2D eigenvalue weighted by Crippen LogP contribution is 2.39. The first kappa shape index (κ1) is 23.0. The van der Waals surface area contributed by atoms with Gasteiger partial charge in [0.25, 0.3) is 0 Å². The van der Waals surface area contributed by atoms with Gasteiger partial charge in [-0.15, -0.1) is 0 Å². The first-order chi connectivity index (χ1) is 14.9. The summed E-state index contributed by atoms with van der Waals surface area (Å²) in [7, 11) is 1.44. The van der Waals surface area contributed by atoms with Gasteiger partial charge in [0.15, 0.2) is 17.3 Å². The van der Waals surface area contributed by atoms with Crippen LogP contribution in [0.4, 0.5) is 0 Å². The van der Waals surface area contributed by atoms with Gasteiger partial charge in [0.05, 0.1) is 19.3 Å². The van der Waals surface area contributed by atoms with Gasteiger partial charge in [-0.2, -0.15) is 0 Å². The van der Waals surface area contributed by atoms with E-state index in [4.69, 9.17) is 15.9 Å². The molecule has 3 rings (SSSR count). The number of nitrogens with two attached hydrogens (primary N) is 1. The molecule has 0 saturated heterocycles. The fraction of sp³-hybridized carbons (Fsp3) is 0.333. The maximum atomic E-state index is 13.1. The maximum absolute atomic E-state index is 13.1. The molecule has 2 aromatic rings. The second-order valence-electron chi connectivity index (χ2n) is 8.89. The van der Waals surface area contributed by atoms with Crippen molar-refractivity contribution < 1.29 is 19.4 Å². The van der Waals surface area contributed by atoms with Crippen molar-refractivity contribution >= 4 is 23.6 Å². The highest BCUT2D eigenvalue weighted by Gasteiger charge is 2.29. The number of rotatable bonds is 6. The number of amides is 1. The molecule has 32 heavy (non-hydrogen) atoms. The maximum Gasteiger partial charge on any atom is 0.244 e. The van der Waals surface area contributed by atoms with Gasteiger partial charge in [-0.25, -0.2) is 4.98 Å². The van der Waals surface area contributed by atoms with Gasteiger partial charge in [0.2, 0.25) is 5.91 Å². The van der Waals surface area contributed by atoms with Crippen molar-refractivity contribution in [3.05, 3.63) is 57.9 Å². The Morgan fingerprint density at radius 1 is 1.31 bits per heavy atom.